The van der Waals surface area contributed by atoms with Crippen molar-refractivity contribution in [3.05, 3.63) is 23.9 Å². The number of pyridine rings is 1. The first-order valence-electron chi connectivity index (χ1n) is 7.97. The molecule has 1 unspecified atom stereocenters. The first-order valence-corrected chi connectivity index (χ1v) is 7.97. The van der Waals surface area contributed by atoms with Gasteiger partial charge in [-0.25, -0.2) is 4.98 Å². The van der Waals surface area contributed by atoms with Crippen LogP contribution in [0.4, 0.5) is 5.82 Å². The molecule has 0 saturated carbocycles. The van der Waals surface area contributed by atoms with Gasteiger partial charge in [-0.3, -0.25) is 0 Å². The summed E-state index contributed by atoms with van der Waals surface area (Å²) in [6, 6.07) is 4.38. The Balaban J connectivity index is 1.85. The van der Waals surface area contributed by atoms with Crippen LogP contribution in [0.15, 0.2) is 18.3 Å². The van der Waals surface area contributed by atoms with E-state index in [1.807, 2.05) is 6.20 Å². The fourth-order valence-corrected chi connectivity index (χ4v) is 2.75. The quantitative estimate of drug-likeness (QED) is 0.863. The van der Waals surface area contributed by atoms with Gasteiger partial charge < -0.3 is 10.2 Å². The van der Waals surface area contributed by atoms with Gasteiger partial charge in [0.25, 0.3) is 0 Å². The van der Waals surface area contributed by atoms with Gasteiger partial charge in [0.1, 0.15) is 5.82 Å². The molecule has 1 aliphatic heterocycles. The molecule has 1 saturated heterocycles. The minimum atomic E-state index is 0.694. The summed E-state index contributed by atoms with van der Waals surface area (Å²) >= 11 is 0. The zero-order valence-electron chi connectivity index (χ0n) is 13.4. The van der Waals surface area contributed by atoms with E-state index in [2.05, 4.69) is 55.0 Å². The Morgan fingerprint density at radius 3 is 2.65 bits per heavy atom. The smallest absolute Gasteiger partial charge is 0.128 e. The molecule has 0 aliphatic carbocycles. The fraction of sp³-hybridized carbons (Fsp3) is 0.706. The van der Waals surface area contributed by atoms with E-state index in [1.165, 1.54) is 12.0 Å². The maximum Gasteiger partial charge on any atom is 0.128 e. The summed E-state index contributed by atoms with van der Waals surface area (Å²) in [5.41, 5.74) is 1.27. The van der Waals surface area contributed by atoms with E-state index in [4.69, 9.17) is 0 Å². The van der Waals surface area contributed by atoms with E-state index < -0.39 is 0 Å². The standard InChI is InChI=1S/C17H29N3/c1-13(2)9-18-10-15-5-6-17(19-11-15)20-8-7-16(12-20)14(3)4/h5-6,11,13-14,16,18H,7-10,12H2,1-4H3. The third kappa shape index (κ3) is 4.20. The van der Waals surface area contributed by atoms with E-state index in [-0.39, 0.29) is 0 Å². The van der Waals surface area contributed by atoms with Crippen LogP contribution in [0.1, 0.15) is 39.7 Å². The summed E-state index contributed by atoms with van der Waals surface area (Å²) in [6.45, 7) is 13.4. The highest BCUT2D eigenvalue weighted by molar-refractivity contribution is 5.40. The molecule has 1 aromatic heterocycles. The molecule has 2 rings (SSSR count). The molecule has 0 radical (unpaired) electrons. The van der Waals surface area contributed by atoms with Crippen LogP contribution >= 0.6 is 0 Å². The van der Waals surface area contributed by atoms with Crippen LogP contribution < -0.4 is 10.2 Å². The maximum atomic E-state index is 4.64. The summed E-state index contributed by atoms with van der Waals surface area (Å²) < 4.78 is 0. The molecule has 1 fully saturated rings. The molecular weight excluding hydrogens is 246 g/mol. The third-order valence-electron chi connectivity index (χ3n) is 4.18. The molecule has 0 bridgehead atoms. The van der Waals surface area contributed by atoms with Gasteiger partial charge in [0.2, 0.25) is 0 Å². The number of hydrogen-bond acceptors (Lipinski definition) is 3. The Hall–Kier alpha value is -1.09. The number of anilines is 1. The lowest BCUT2D eigenvalue weighted by atomic mass is 9.95. The van der Waals surface area contributed by atoms with Gasteiger partial charge in [0, 0.05) is 25.8 Å². The highest BCUT2D eigenvalue weighted by atomic mass is 15.2. The third-order valence-corrected chi connectivity index (χ3v) is 4.18. The van der Waals surface area contributed by atoms with E-state index in [0.717, 1.165) is 43.8 Å². The number of hydrogen-bond donors (Lipinski definition) is 1. The van der Waals surface area contributed by atoms with Crippen LogP contribution in [0.5, 0.6) is 0 Å². The predicted molar refractivity (Wildman–Crippen MR) is 85.9 cm³/mol. The molecule has 0 aromatic carbocycles. The van der Waals surface area contributed by atoms with E-state index in [0.29, 0.717) is 5.92 Å². The first-order chi connectivity index (χ1) is 9.56. The largest absolute Gasteiger partial charge is 0.356 e. The maximum absolute atomic E-state index is 4.64. The fourth-order valence-electron chi connectivity index (χ4n) is 2.75. The van der Waals surface area contributed by atoms with Crippen molar-refractivity contribution in [3.63, 3.8) is 0 Å². The molecule has 20 heavy (non-hydrogen) atoms. The Morgan fingerprint density at radius 1 is 1.30 bits per heavy atom. The summed E-state index contributed by atoms with van der Waals surface area (Å²) in [5, 5.41) is 3.46. The molecule has 1 aliphatic rings. The molecular formula is C17H29N3. The molecule has 1 atom stereocenters. The second-order valence-electron chi connectivity index (χ2n) is 6.79. The average molecular weight is 275 g/mol. The Kier molecular flexibility index (Phi) is 5.41. The highest BCUT2D eigenvalue weighted by Crippen LogP contribution is 2.26. The second kappa shape index (κ2) is 7.07. The van der Waals surface area contributed by atoms with Crippen molar-refractivity contribution in [1.82, 2.24) is 10.3 Å². The minimum absolute atomic E-state index is 0.694. The zero-order chi connectivity index (χ0) is 14.5. The number of aromatic nitrogens is 1. The summed E-state index contributed by atoms with van der Waals surface area (Å²) in [6.07, 6.45) is 3.32. The van der Waals surface area contributed by atoms with Crippen LogP contribution in [0.3, 0.4) is 0 Å². The van der Waals surface area contributed by atoms with Crippen molar-refractivity contribution in [2.75, 3.05) is 24.5 Å². The molecule has 0 amide bonds. The number of rotatable bonds is 6. The van der Waals surface area contributed by atoms with Crippen molar-refractivity contribution in [1.29, 1.82) is 0 Å². The minimum Gasteiger partial charge on any atom is -0.356 e. The van der Waals surface area contributed by atoms with Crippen LogP contribution in [0.2, 0.25) is 0 Å². The van der Waals surface area contributed by atoms with Gasteiger partial charge in [0.15, 0.2) is 0 Å². The van der Waals surface area contributed by atoms with Gasteiger partial charge in [0.05, 0.1) is 0 Å². The van der Waals surface area contributed by atoms with Crippen molar-refractivity contribution in [2.24, 2.45) is 17.8 Å². The Bertz CT molecular complexity index is 397. The molecule has 2 heterocycles. The van der Waals surface area contributed by atoms with Crippen LogP contribution in [-0.2, 0) is 6.54 Å². The molecule has 1 aromatic rings. The predicted octanol–water partition coefficient (Wildman–Crippen LogP) is 3.31. The van der Waals surface area contributed by atoms with Crippen molar-refractivity contribution >= 4 is 5.82 Å². The SMILES string of the molecule is CC(C)CNCc1ccc(N2CCC(C(C)C)C2)nc1. The van der Waals surface area contributed by atoms with Gasteiger partial charge in [-0.1, -0.05) is 33.8 Å². The average Bonchev–Trinajstić information content (AvgIpc) is 2.89. The summed E-state index contributed by atoms with van der Waals surface area (Å²) in [7, 11) is 0. The van der Waals surface area contributed by atoms with Crippen molar-refractivity contribution in [2.45, 2.75) is 40.7 Å². The van der Waals surface area contributed by atoms with Crippen molar-refractivity contribution in [3.8, 4) is 0 Å². The highest BCUT2D eigenvalue weighted by Gasteiger charge is 2.25. The number of nitrogens with zero attached hydrogens (tertiary/aromatic N) is 2. The molecule has 1 N–H and O–H groups in total. The second-order valence-corrected chi connectivity index (χ2v) is 6.79. The molecule has 112 valence electrons. The molecule has 3 heteroatoms. The normalized spacial score (nSPS) is 19.3. The van der Waals surface area contributed by atoms with Gasteiger partial charge in [-0.2, -0.15) is 0 Å². The monoisotopic (exact) mass is 275 g/mol. The Morgan fingerprint density at radius 2 is 2.10 bits per heavy atom. The van der Waals surface area contributed by atoms with E-state index >= 15 is 0 Å². The zero-order valence-corrected chi connectivity index (χ0v) is 13.4. The van der Waals surface area contributed by atoms with Gasteiger partial charge in [-0.05, 0) is 42.3 Å². The lowest BCUT2D eigenvalue weighted by Crippen LogP contribution is -2.22. The lowest BCUT2D eigenvalue weighted by Gasteiger charge is -2.19. The summed E-state index contributed by atoms with van der Waals surface area (Å²) in [5.74, 6) is 3.43. The number of nitrogens with one attached hydrogen (secondary N) is 1. The van der Waals surface area contributed by atoms with E-state index in [1.54, 1.807) is 0 Å². The van der Waals surface area contributed by atoms with Crippen LogP contribution in [0, 0.1) is 17.8 Å². The Labute approximate surface area is 123 Å². The van der Waals surface area contributed by atoms with Crippen LogP contribution in [-0.4, -0.2) is 24.6 Å². The molecule has 0 spiro atoms. The first kappa shape index (κ1) is 15.3. The molecule has 3 nitrogen and oxygen atoms in total. The van der Waals surface area contributed by atoms with Gasteiger partial charge >= 0.3 is 0 Å². The lowest BCUT2D eigenvalue weighted by molar-refractivity contribution is 0.422. The topological polar surface area (TPSA) is 28.2 Å². The van der Waals surface area contributed by atoms with Gasteiger partial charge in [-0.15, -0.1) is 0 Å². The van der Waals surface area contributed by atoms with E-state index in [9.17, 15) is 0 Å². The van der Waals surface area contributed by atoms with Crippen molar-refractivity contribution < 1.29 is 0 Å². The van der Waals surface area contributed by atoms with Crippen LogP contribution in [0.25, 0.3) is 0 Å². The summed E-state index contributed by atoms with van der Waals surface area (Å²) in [4.78, 5) is 7.06.